The van der Waals surface area contributed by atoms with E-state index in [9.17, 15) is 4.79 Å². The number of H-pyrrole nitrogens is 1. The number of aryl methyl sites for hydroxylation is 1. The quantitative estimate of drug-likeness (QED) is 0.485. The number of rotatable bonds is 8. The van der Waals surface area contributed by atoms with Crippen LogP contribution in [0.4, 0.5) is 5.95 Å². The smallest absolute Gasteiger partial charge is 0.274 e. The molecule has 1 aromatic heterocycles. The Bertz CT molecular complexity index is 440. The molecule has 6 nitrogen and oxygen atoms in total. The van der Waals surface area contributed by atoms with Crippen molar-refractivity contribution in [3.05, 3.63) is 28.3 Å². The molecule has 0 fully saturated rings. The molecule has 0 unspecified atom stereocenters. The lowest BCUT2D eigenvalue weighted by atomic mass is 10.1. The zero-order valence-electron chi connectivity index (χ0n) is 11.0. The lowest BCUT2D eigenvalue weighted by molar-refractivity contribution is 0.649. The summed E-state index contributed by atoms with van der Waals surface area (Å²) < 4.78 is 0. The normalized spacial score (nSPS) is 10.1. The SMILES string of the molecule is C=C(CCCCCC)NNc1nnc(C)c(=O)[nH]1. The van der Waals surface area contributed by atoms with E-state index < -0.39 is 0 Å². The van der Waals surface area contributed by atoms with Gasteiger partial charge in [-0.1, -0.05) is 32.8 Å². The van der Waals surface area contributed by atoms with Crippen molar-refractivity contribution >= 4 is 5.95 Å². The number of hydrogen-bond donors (Lipinski definition) is 3. The van der Waals surface area contributed by atoms with Crippen LogP contribution in [-0.4, -0.2) is 15.2 Å². The Balaban J connectivity index is 2.29. The highest BCUT2D eigenvalue weighted by Crippen LogP contribution is 2.06. The van der Waals surface area contributed by atoms with E-state index in [1.165, 1.54) is 19.3 Å². The first-order chi connectivity index (χ1) is 8.63. The topological polar surface area (TPSA) is 82.7 Å². The molecule has 6 heteroatoms. The third-order valence-corrected chi connectivity index (χ3v) is 2.55. The maximum absolute atomic E-state index is 11.3. The van der Waals surface area contributed by atoms with Gasteiger partial charge in [-0.25, -0.2) is 0 Å². The predicted octanol–water partition coefficient (Wildman–Crippen LogP) is 1.87. The van der Waals surface area contributed by atoms with Gasteiger partial charge >= 0.3 is 0 Å². The van der Waals surface area contributed by atoms with Crippen LogP contribution in [0.5, 0.6) is 0 Å². The van der Waals surface area contributed by atoms with Crippen LogP contribution in [0.2, 0.25) is 0 Å². The number of allylic oxidation sites excluding steroid dienone is 1. The molecule has 100 valence electrons. The zero-order chi connectivity index (χ0) is 13.4. The van der Waals surface area contributed by atoms with Crippen molar-refractivity contribution in [3.63, 3.8) is 0 Å². The van der Waals surface area contributed by atoms with E-state index in [0.717, 1.165) is 18.5 Å². The van der Waals surface area contributed by atoms with Gasteiger partial charge < -0.3 is 5.43 Å². The van der Waals surface area contributed by atoms with Gasteiger partial charge in [-0.2, -0.15) is 0 Å². The summed E-state index contributed by atoms with van der Waals surface area (Å²) in [7, 11) is 0. The Morgan fingerprint density at radius 1 is 1.33 bits per heavy atom. The molecular weight excluding hydrogens is 230 g/mol. The van der Waals surface area contributed by atoms with E-state index in [2.05, 4.69) is 39.5 Å². The second kappa shape index (κ2) is 7.47. The third-order valence-electron chi connectivity index (χ3n) is 2.55. The molecule has 0 aromatic carbocycles. The molecule has 3 N–H and O–H groups in total. The van der Waals surface area contributed by atoms with E-state index in [4.69, 9.17) is 0 Å². The molecule has 0 amide bonds. The Kier molecular flexibility index (Phi) is 5.90. The number of aromatic amines is 1. The minimum atomic E-state index is -0.247. The van der Waals surface area contributed by atoms with Crippen molar-refractivity contribution in [3.8, 4) is 0 Å². The fourth-order valence-electron chi connectivity index (χ4n) is 1.42. The standard InChI is InChI=1S/C12H21N5O/c1-4-5-6-7-8-9(2)14-16-12-13-11(18)10(3)15-17-12/h14H,2,4-8H2,1,3H3,(H2,13,16,17,18). The summed E-state index contributed by atoms with van der Waals surface area (Å²) in [5, 5.41) is 7.52. The Labute approximate surface area is 107 Å². The highest BCUT2D eigenvalue weighted by atomic mass is 16.1. The second-order valence-electron chi connectivity index (χ2n) is 4.25. The first-order valence-corrected chi connectivity index (χ1v) is 6.27. The highest BCUT2D eigenvalue weighted by Gasteiger charge is 1.99. The molecule has 0 bridgehead atoms. The van der Waals surface area contributed by atoms with Gasteiger partial charge in [0.05, 0.1) is 0 Å². The number of nitrogens with one attached hydrogen (secondary N) is 3. The first kappa shape index (κ1) is 14.2. The Morgan fingerprint density at radius 3 is 2.78 bits per heavy atom. The highest BCUT2D eigenvalue weighted by molar-refractivity contribution is 5.21. The van der Waals surface area contributed by atoms with Gasteiger partial charge in [0, 0.05) is 5.70 Å². The number of hydrazine groups is 1. The van der Waals surface area contributed by atoms with Crippen LogP contribution in [0.3, 0.4) is 0 Å². The van der Waals surface area contributed by atoms with Crippen LogP contribution < -0.4 is 16.4 Å². The minimum absolute atomic E-state index is 0.247. The van der Waals surface area contributed by atoms with Gasteiger partial charge in [-0.15, -0.1) is 10.2 Å². The van der Waals surface area contributed by atoms with Gasteiger partial charge in [0.2, 0.25) is 5.95 Å². The maximum Gasteiger partial charge on any atom is 0.274 e. The molecule has 0 spiro atoms. The van der Waals surface area contributed by atoms with Crippen LogP contribution in [0.25, 0.3) is 0 Å². The molecule has 0 radical (unpaired) electrons. The Morgan fingerprint density at radius 2 is 2.11 bits per heavy atom. The molecule has 18 heavy (non-hydrogen) atoms. The zero-order valence-corrected chi connectivity index (χ0v) is 11.0. The summed E-state index contributed by atoms with van der Waals surface area (Å²) in [6.45, 7) is 7.68. The van der Waals surface area contributed by atoms with E-state index in [-0.39, 0.29) is 5.56 Å². The van der Waals surface area contributed by atoms with Gasteiger partial charge in [-0.3, -0.25) is 15.2 Å². The number of aromatic nitrogens is 3. The van der Waals surface area contributed by atoms with E-state index in [0.29, 0.717) is 11.6 Å². The lowest BCUT2D eigenvalue weighted by Crippen LogP contribution is -2.25. The monoisotopic (exact) mass is 251 g/mol. The molecule has 1 rings (SSSR count). The van der Waals surface area contributed by atoms with Crippen molar-refractivity contribution in [1.82, 2.24) is 20.6 Å². The van der Waals surface area contributed by atoms with Gasteiger partial charge in [0.1, 0.15) is 5.69 Å². The average molecular weight is 251 g/mol. The van der Waals surface area contributed by atoms with Gasteiger partial charge in [0.25, 0.3) is 5.56 Å². The summed E-state index contributed by atoms with van der Waals surface area (Å²) >= 11 is 0. The fraction of sp³-hybridized carbons (Fsp3) is 0.583. The largest absolute Gasteiger partial charge is 0.303 e. The molecule has 0 aliphatic carbocycles. The summed E-state index contributed by atoms with van der Waals surface area (Å²) in [6.07, 6.45) is 5.68. The second-order valence-corrected chi connectivity index (χ2v) is 4.25. The average Bonchev–Trinajstić information content (AvgIpc) is 2.36. The van der Waals surface area contributed by atoms with Crippen molar-refractivity contribution in [2.45, 2.75) is 46.0 Å². The molecule has 1 heterocycles. The first-order valence-electron chi connectivity index (χ1n) is 6.27. The van der Waals surface area contributed by atoms with Crippen LogP contribution in [0.1, 0.15) is 44.7 Å². The summed E-state index contributed by atoms with van der Waals surface area (Å²) in [4.78, 5) is 13.8. The van der Waals surface area contributed by atoms with Crippen molar-refractivity contribution in [1.29, 1.82) is 0 Å². The van der Waals surface area contributed by atoms with Gasteiger partial charge in [0.15, 0.2) is 0 Å². The molecule has 0 saturated carbocycles. The van der Waals surface area contributed by atoms with Crippen LogP contribution in [-0.2, 0) is 0 Å². The van der Waals surface area contributed by atoms with Crippen molar-refractivity contribution in [2.75, 3.05) is 5.43 Å². The lowest BCUT2D eigenvalue weighted by Gasteiger charge is -2.10. The minimum Gasteiger partial charge on any atom is -0.303 e. The summed E-state index contributed by atoms with van der Waals surface area (Å²) in [5.41, 5.74) is 6.65. The van der Waals surface area contributed by atoms with Crippen LogP contribution in [0.15, 0.2) is 17.1 Å². The Hall–Kier alpha value is -1.85. The van der Waals surface area contributed by atoms with E-state index in [1.54, 1.807) is 6.92 Å². The molecule has 0 aliphatic heterocycles. The molecule has 1 aromatic rings. The van der Waals surface area contributed by atoms with Crippen molar-refractivity contribution in [2.24, 2.45) is 0 Å². The molecule has 0 saturated heterocycles. The number of unbranched alkanes of at least 4 members (excludes halogenated alkanes) is 3. The van der Waals surface area contributed by atoms with Crippen LogP contribution in [0, 0.1) is 6.92 Å². The molecule has 0 atom stereocenters. The molecular formula is C12H21N5O. The summed E-state index contributed by atoms with van der Waals surface area (Å²) in [6, 6.07) is 0. The number of anilines is 1. The van der Waals surface area contributed by atoms with Gasteiger partial charge in [-0.05, 0) is 19.8 Å². The van der Waals surface area contributed by atoms with Crippen LogP contribution >= 0.6 is 0 Å². The van der Waals surface area contributed by atoms with E-state index >= 15 is 0 Å². The maximum atomic E-state index is 11.3. The fourth-order valence-corrected chi connectivity index (χ4v) is 1.42. The van der Waals surface area contributed by atoms with E-state index in [1.807, 2.05) is 0 Å². The third kappa shape index (κ3) is 4.99. The number of nitrogens with zero attached hydrogens (tertiary/aromatic N) is 2. The number of hydrogen-bond acceptors (Lipinski definition) is 5. The molecule has 0 aliphatic rings. The predicted molar refractivity (Wildman–Crippen MR) is 72.0 cm³/mol. The van der Waals surface area contributed by atoms with Crippen molar-refractivity contribution < 1.29 is 0 Å². The summed E-state index contributed by atoms with van der Waals surface area (Å²) in [5.74, 6) is 0.292.